The Hall–Kier alpha value is -0.680. The van der Waals surface area contributed by atoms with Crippen molar-refractivity contribution in [1.82, 2.24) is 0 Å². The Morgan fingerprint density at radius 2 is 2.21 bits per heavy atom. The Balaban J connectivity index is 1.85. The summed E-state index contributed by atoms with van der Waals surface area (Å²) >= 11 is 0. The maximum atomic E-state index is 9.90. The molecule has 2 fully saturated rings. The number of ether oxygens (including phenoxy) is 3. The van der Waals surface area contributed by atoms with Gasteiger partial charge in [-0.2, -0.15) is 0 Å². The van der Waals surface area contributed by atoms with Crippen molar-refractivity contribution >= 4 is 0 Å². The van der Waals surface area contributed by atoms with E-state index in [2.05, 4.69) is 11.8 Å². The standard InChI is InChI=1S/C13H20O6/c1-2-10-11(19-10)4-3-5-18-13(7-14)8-17-6-9(15)12(13)16/h9-12,14-16H,2,5-8H2,1H3/t9?,10?,11-,12?,13?/m1/s1. The van der Waals surface area contributed by atoms with E-state index in [1.54, 1.807) is 0 Å². The quantitative estimate of drug-likeness (QED) is 0.434. The topological polar surface area (TPSA) is 91.7 Å². The second kappa shape index (κ2) is 6.18. The average molecular weight is 272 g/mol. The van der Waals surface area contributed by atoms with E-state index >= 15 is 0 Å². The van der Waals surface area contributed by atoms with E-state index in [0.29, 0.717) is 0 Å². The van der Waals surface area contributed by atoms with Crippen LogP contribution in [0.15, 0.2) is 0 Å². The fraction of sp³-hybridized carbons (Fsp3) is 0.846. The summed E-state index contributed by atoms with van der Waals surface area (Å²) in [5, 5.41) is 28.8. The molecule has 2 rings (SSSR count). The van der Waals surface area contributed by atoms with E-state index in [-0.39, 0.29) is 32.0 Å². The van der Waals surface area contributed by atoms with Crippen LogP contribution in [0.5, 0.6) is 0 Å². The van der Waals surface area contributed by atoms with Crippen LogP contribution in [0.25, 0.3) is 0 Å². The molecule has 3 N–H and O–H groups in total. The molecule has 0 aromatic rings. The number of epoxide rings is 1. The lowest BCUT2D eigenvalue weighted by Crippen LogP contribution is -2.61. The molecule has 6 heteroatoms. The first-order valence-electron chi connectivity index (χ1n) is 6.45. The van der Waals surface area contributed by atoms with Crippen LogP contribution in [-0.4, -0.2) is 71.8 Å². The first kappa shape index (κ1) is 14.7. The third-order valence-electron chi connectivity index (χ3n) is 3.47. The van der Waals surface area contributed by atoms with Crippen LogP contribution >= 0.6 is 0 Å². The van der Waals surface area contributed by atoms with Crippen molar-refractivity contribution in [3.63, 3.8) is 0 Å². The summed E-state index contributed by atoms with van der Waals surface area (Å²) in [6.07, 6.45) is -1.14. The second-order valence-corrected chi connectivity index (χ2v) is 4.86. The van der Waals surface area contributed by atoms with Crippen molar-refractivity contribution in [2.45, 2.75) is 43.4 Å². The smallest absolute Gasteiger partial charge is 0.144 e. The van der Waals surface area contributed by atoms with Crippen molar-refractivity contribution in [2.24, 2.45) is 0 Å². The zero-order chi connectivity index (χ0) is 13.9. The van der Waals surface area contributed by atoms with Gasteiger partial charge in [0.1, 0.15) is 30.5 Å². The highest BCUT2D eigenvalue weighted by atomic mass is 16.6. The molecule has 19 heavy (non-hydrogen) atoms. The maximum Gasteiger partial charge on any atom is 0.144 e. The minimum Gasteiger partial charge on any atom is -0.393 e. The molecule has 4 unspecified atom stereocenters. The highest BCUT2D eigenvalue weighted by molar-refractivity contribution is 5.14. The van der Waals surface area contributed by atoms with E-state index in [1.165, 1.54) is 0 Å². The Morgan fingerprint density at radius 1 is 1.42 bits per heavy atom. The maximum absolute atomic E-state index is 9.90. The van der Waals surface area contributed by atoms with Crippen molar-refractivity contribution in [1.29, 1.82) is 0 Å². The minimum absolute atomic E-state index is 0.0287. The summed E-state index contributed by atoms with van der Waals surface area (Å²) in [6, 6.07) is 0. The normalized spacial score (nSPS) is 41.5. The molecule has 2 aliphatic rings. The van der Waals surface area contributed by atoms with Crippen molar-refractivity contribution < 1.29 is 29.5 Å². The van der Waals surface area contributed by atoms with E-state index in [9.17, 15) is 15.3 Å². The lowest BCUT2D eigenvalue weighted by Gasteiger charge is -2.41. The zero-order valence-corrected chi connectivity index (χ0v) is 10.9. The molecule has 6 nitrogen and oxygen atoms in total. The molecule has 5 atom stereocenters. The molecular weight excluding hydrogens is 252 g/mol. The van der Waals surface area contributed by atoms with Gasteiger partial charge in [-0.15, -0.1) is 0 Å². The zero-order valence-electron chi connectivity index (χ0n) is 10.9. The van der Waals surface area contributed by atoms with Crippen LogP contribution in [0.4, 0.5) is 0 Å². The van der Waals surface area contributed by atoms with Gasteiger partial charge in [0, 0.05) is 0 Å². The van der Waals surface area contributed by atoms with Gasteiger partial charge in [-0.05, 0) is 6.42 Å². The van der Waals surface area contributed by atoms with Gasteiger partial charge in [-0.1, -0.05) is 18.8 Å². The summed E-state index contributed by atoms with van der Waals surface area (Å²) in [4.78, 5) is 0. The number of hydrogen-bond acceptors (Lipinski definition) is 6. The molecule has 0 saturated carbocycles. The molecule has 0 aliphatic carbocycles. The molecular formula is C13H20O6. The molecule has 108 valence electrons. The van der Waals surface area contributed by atoms with Gasteiger partial charge < -0.3 is 29.5 Å². The minimum atomic E-state index is -1.30. The van der Waals surface area contributed by atoms with Crippen LogP contribution in [0, 0.1) is 11.8 Å². The Bertz CT molecular complexity index is 362. The van der Waals surface area contributed by atoms with Crippen LogP contribution < -0.4 is 0 Å². The number of hydrogen-bond donors (Lipinski definition) is 3. The van der Waals surface area contributed by atoms with Gasteiger partial charge in [0.15, 0.2) is 0 Å². The van der Waals surface area contributed by atoms with Gasteiger partial charge in [-0.25, -0.2) is 0 Å². The molecule has 0 amide bonds. The third kappa shape index (κ3) is 3.26. The molecule has 0 aromatic carbocycles. The first-order chi connectivity index (χ1) is 9.13. The second-order valence-electron chi connectivity index (χ2n) is 4.86. The molecule has 2 aliphatic heterocycles. The van der Waals surface area contributed by atoms with Crippen LogP contribution in [-0.2, 0) is 14.2 Å². The predicted octanol–water partition coefficient (Wildman–Crippen LogP) is -1.33. The van der Waals surface area contributed by atoms with Gasteiger partial charge in [0.25, 0.3) is 0 Å². The fourth-order valence-electron chi connectivity index (χ4n) is 2.09. The SMILES string of the molecule is CCC1O[C@@H]1C#CCOC1(CO)COCC(O)C1O. The van der Waals surface area contributed by atoms with Gasteiger partial charge >= 0.3 is 0 Å². The van der Waals surface area contributed by atoms with E-state index < -0.39 is 24.4 Å². The molecule has 0 bridgehead atoms. The molecule has 0 radical (unpaired) electrons. The highest BCUT2D eigenvalue weighted by Gasteiger charge is 2.46. The number of rotatable bonds is 4. The first-order valence-corrected chi connectivity index (χ1v) is 6.45. The summed E-state index contributed by atoms with van der Waals surface area (Å²) in [7, 11) is 0. The molecule has 2 heterocycles. The molecule has 0 spiro atoms. The molecule has 2 saturated heterocycles. The van der Waals surface area contributed by atoms with E-state index in [0.717, 1.165) is 6.42 Å². The monoisotopic (exact) mass is 272 g/mol. The average Bonchev–Trinajstić information content (AvgIpc) is 3.18. The van der Waals surface area contributed by atoms with Crippen LogP contribution in [0.3, 0.4) is 0 Å². The predicted molar refractivity (Wildman–Crippen MR) is 65.3 cm³/mol. The highest BCUT2D eigenvalue weighted by Crippen LogP contribution is 2.25. The largest absolute Gasteiger partial charge is 0.393 e. The Morgan fingerprint density at radius 3 is 2.84 bits per heavy atom. The fourth-order valence-corrected chi connectivity index (χ4v) is 2.09. The van der Waals surface area contributed by atoms with Crippen LogP contribution in [0.1, 0.15) is 13.3 Å². The summed E-state index contributed by atoms with van der Waals surface area (Å²) in [5.74, 6) is 5.70. The van der Waals surface area contributed by atoms with Crippen molar-refractivity contribution in [3.8, 4) is 11.8 Å². The number of aliphatic hydroxyl groups is 3. The van der Waals surface area contributed by atoms with Crippen molar-refractivity contribution in [2.75, 3.05) is 26.4 Å². The Kier molecular flexibility index (Phi) is 4.79. The van der Waals surface area contributed by atoms with E-state index in [1.807, 2.05) is 6.92 Å². The summed E-state index contributed by atoms with van der Waals surface area (Å²) < 4.78 is 15.8. The lowest BCUT2D eigenvalue weighted by molar-refractivity contribution is -0.235. The van der Waals surface area contributed by atoms with Crippen molar-refractivity contribution in [3.05, 3.63) is 0 Å². The summed E-state index contributed by atoms with van der Waals surface area (Å²) in [5.41, 5.74) is -1.30. The van der Waals surface area contributed by atoms with Gasteiger partial charge in [0.2, 0.25) is 0 Å². The number of aliphatic hydroxyl groups excluding tert-OH is 3. The van der Waals surface area contributed by atoms with Gasteiger partial charge in [-0.3, -0.25) is 0 Å². The van der Waals surface area contributed by atoms with Crippen LogP contribution in [0.2, 0.25) is 0 Å². The Labute approximate surface area is 112 Å². The lowest BCUT2D eigenvalue weighted by atomic mass is 9.92. The van der Waals surface area contributed by atoms with Gasteiger partial charge in [0.05, 0.1) is 25.9 Å². The summed E-state index contributed by atoms with van der Waals surface area (Å²) in [6.45, 7) is 1.70. The molecule has 0 aromatic heterocycles. The third-order valence-corrected chi connectivity index (χ3v) is 3.47. The van der Waals surface area contributed by atoms with E-state index in [4.69, 9.17) is 14.2 Å².